The van der Waals surface area contributed by atoms with Crippen molar-refractivity contribution in [1.82, 2.24) is 10.2 Å². The third-order valence-corrected chi connectivity index (χ3v) is 3.50. The van der Waals surface area contributed by atoms with Gasteiger partial charge in [0.05, 0.1) is 11.7 Å². The monoisotopic (exact) mass is 266 g/mol. The Kier molecular flexibility index (Phi) is 5.30. The Labute approximate surface area is 114 Å². The molecule has 1 saturated heterocycles. The minimum absolute atomic E-state index is 0.0224. The van der Waals surface area contributed by atoms with Crippen molar-refractivity contribution < 1.29 is 4.39 Å². The fourth-order valence-corrected chi connectivity index (χ4v) is 2.42. The molecule has 4 nitrogen and oxygen atoms in total. The Hall–Kier alpha value is -1.62. The van der Waals surface area contributed by atoms with E-state index in [1.54, 1.807) is 6.92 Å². The van der Waals surface area contributed by atoms with Crippen LogP contribution < -0.4 is 11.1 Å². The van der Waals surface area contributed by atoms with Gasteiger partial charge >= 0.3 is 0 Å². The highest BCUT2D eigenvalue weighted by atomic mass is 19.1. The topological polar surface area (TPSA) is 65.1 Å². The molecule has 19 heavy (non-hydrogen) atoms. The van der Waals surface area contributed by atoms with Crippen molar-refractivity contribution in [1.29, 1.82) is 5.41 Å². The summed E-state index contributed by atoms with van der Waals surface area (Å²) in [6.07, 6.45) is 4.07. The van der Waals surface area contributed by atoms with Crippen molar-refractivity contribution in [3.63, 3.8) is 0 Å². The van der Waals surface area contributed by atoms with Gasteiger partial charge in [-0.05, 0) is 26.8 Å². The Morgan fingerprint density at radius 3 is 2.63 bits per heavy atom. The summed E-state index contributed by atoms with van der Waals surface area (Å²) in [4.78, 5) is 1.92. The van der Waals surface area contributed by atoms with Gasteiger partial charge in [0.2, 0.25) is 0 Å². The van der Waals surface area contributed by atoms with Crippen LogP contribution in [0.5, 0.6) is 0 Å². The summed E-state index contributed by atoms with van der Waals surface area (Å²) in [6, 6.07) is 0.0379. The van der Waals surface area contributed by atoms with Crippen LogP contribution in [0.4, 0.5) is 4.39 Å². The Morgan fingerprint density at radius 1 is 1.53 bits per heavy atom. The summed E-state index contributed by atoms with van der Waals surface area (Å²) in [5.41, 5.74) is 6.63. The second-order valence-electron chi connectivity index (χ2n) is 4.83. The van der Waals surface area contributed by atoms with Gasteiger partial charge in [0.15, 0.2) is 0 Å². The maximum absolute atomic E-state index is 13.7. The minimum atomic E-state index is -0.312. The third-order valence-electron chi connectivity index (χ3n) is 3.50. The molecule has 3 atom stereocenters. The van der Waals surface area contributed by atoms with Crippen LogP contribution in [-0.2, 0) is 0 Å². The fraction of sp³-hybridized carbons (Fsp3) is 0.500. The molecule has 1 fully saturated rings. The zero-order valence-corrected chi connectivity index (χ0v) is 11.8. The number of nitrogens with zero attached hydrogens (tertiary/aromatic N) is 1. The lowest BCUT2D eigenvalue weighted by molar-refractivity contribution is 0.157. The SMILES string of the molecule is C=C(/C(F)=C\C)N1CC(C)NC(/C(C=N)=C/N)C1C. The number of nitrogens with one attached hydrogen (secondary N) is 2. The Bertz CT molecular complexity index is 414. The van der Waals surface area contributed by atoms with Gasteiger partial charge in [0, 0.05) is 36.6 Å². The van der Waals surface area contributed by atoms with Gasteiger partial charge in [-0.2, -0.15) is 0 Å². The second-order valence-corrected chi connectivity index (χ2v) is 4.83. The van der Waals surface area contributed by atoms with E-state index in [1.165, 1.54) is 18.5 Å². The standard InChI is InChI=1S/C14H23FN4/c1-5-13(15)10(3)19-8-9(2)18-14(11(19)4)12(6-16)7-17/h5-7,9,11,14,16,18H,3,8,17H2,1-2,4H3/b12-7+,13-5+,16-6?. The van der Waals surface area contributed by atoms with Gasteiger partial charge in [-0.1, -0.05) is 6.58 Å². The number of piperazine rings is 1. The van der Waals surface area contributed by atoms with Gasteiger partial charge in [0.25, 0.3) is 0 Å². The van der Waals surface area contributed by atoms with Gasteiger partial charge in [-0.25, -0.2) is 4.39 Å². The molecule has 0 radical (unpaired) electrons. The van der Waals surface area contributed by atoms with Gasteiger partial charge in [-0.15, -0.1) is 0 Å². The van der Waals surface area contributed by atoms with E-state index in [1.807, 2.05) is 18.7 Å². The smallest absolute Gasteiger partial charge is 0.141 e. The zero-order chi connectivity index (χ0) is 14.6. The normalized spacial score (nSPS) is 29.3. The van der Waals surface area contributed by atoms with Crippen LogP contribution in [0.25, 0.3) is 0 Å². The Morgan fingerprint density at radius 2 is 2.16 bits per heavy atom. The summed E-state index contributed by atoms with van der Waals surface area (Å²) < 4.78 is 13.7. The van der Waals surface area contributed by atoms with Gasteiger partial charge < -0.3 is 21.4 Å². The van der Waals surface area contributed by atoms with Crippen molar-refractivity contribution >= 4 is 6.21 Å². The van der Waals surface area contributed by atoms with E-state index < -0.39 is 0 Å². The molecule has 0 amide bonds. The van der Waals surface area contributed by atoms with Crippen molar-refractivity contribution in [3.05, 3.63) is 36.0 Å². The summed E-state index contributed by atoms with van der Waals surface area (Å²) >= 11 is 0. The average molecular weight is 266 g/mol. The molecule has 1 rings (SSSR count). The lowest BCUT2D eigenvalue weighted by Gasteiger charge is -2.45. The quantitative estimate of drug-likeness (QED) is 0.538. The molecule has 0 aromatic rings. The van der Waals surface area contributed by atoms with E-state index in [4.69, 9.17) is 11.1 Å². The maximum atomic E-state index is 13.7. The van der Waals surface area contributed by atoms with Crippen LogP contribution in [-0.4, -0.2) is 35.8 Å². The van der Waals surface area contributed by atoms with E-state index in [2.05, 4.69) is 11.9 Å². The minimum Gasteiger partial charge on any atom is -0.404 e. The highest BCUT2D eigenvalue weighted by Crippen LogP contribution is 2.25. The first kappa shape index (κ1) is 15.4. The molecule has 0 bridgehead atoms. The second kappa shape index (κ2) is 6.52. The molecule has 1 aliphatic rings. The van der Waals surface area contributed by atoms with Crippen LogP contribution in [0.15, 0.2) is 36.0 Å². The van der Waals surface area contributed by atoms with Crippen LogP contribution in [0.3, 0.4) is 0 Å². The number of nitrogens with two attached hydrogens (primary N) is 1. The zero-order valence-electron chi connectivity index (χ0n) is 11.8. The van der Waals surface area contributed by atoms with E-state index in [-0.39, 0.29) is 24.0 Å². The van der Waals surface area contributed by atoms with Crippen LogP contribution >= 0.6 is 0 Å². The number of allylic oxidation sites excluding steroid dienone is 2. The van der Waals surface area contributed by atoms with E-state index in [0.717, 1.165) is 0 Å². The van der Waals surface area contributed by atoms with Crippen LogP contribution in [0, 0.1) is 5.41 Å². The fourth-order valence-electron chi connectivity index (χ4n) is 2.42. The summed E-state index contributed by atoms with van der Waals surface area (Å²) in [7, 11) is 0. The molecule has 0 aliphatic carbocycles. The lowest BCUT2D eigenvalue weighted by atomic mass is 9.95. The number of hydrogen-bond donors (Lipinski definition) is 3. The van der Waals surface area contributed by atoms with Crippen molar-refractivity contribution in [2.24, 2.45) is 5.73 Å². The molecule has 106 valence electrons. The predicted octanol–water partition coefficient (Wildman–Crippen LogP) is 1.92. The van der Waals surface area contributed by atoms with E-state index in [9.17, 15) is 4.39 Å². The molecular weight excluding hydrogens is 243 g/mol. The average Bonchev–Trinajstić information content (AvgIpc) is 2.41. The first-order valence-electron chi connectivity index (χ1n) is 6.42. The molecule has 1 aliphatic heterocycles. The maximum Gasteiger partial charge on any atom is 0.141 e. The molecule has 0 aromatic heterocycles. The van der Waals surface area contributed by atoms with Crippen molar-refractivity contribution in [3.8, 4) is 0 Å². The van der Waals surface area contributed by atoms with Crippen molar-refractivity contribution in [2.75, 3.05) is 6.54 Å². The van der Waals surface area contributed by atoms with Crippen LogP contribution in [0.1, 0.15) is 20.8 Å². The highest BCUT2D eigenvalue weighted by Gasteiger charge is 2.34. The molecule has 0 saturated carbocycles. The number of halogens is 1. The predicted molar refractivity (Wildman–Crippen MR) is 77.6 cm³/mol. The van der Waals surface area contributed by atoms with Gasteiger partial charge in [0.1, 0.15) is 5.83 Å². The number of hydrogen-bond acceptors (Lipinski definition) is 4. The molecule has 0 spiro atoms. The molecule has 4 N–H and O–H groups in total. The first-order chi connectivity index (χ1) is 8.96. The Balaban J connectivity index is 3.02. The molecule has 3 unspecified atom stereocenters. The van der Waals surface area contributed by atoms with Crippen molar-refractivity contribution in [2.45, 2.75) is 38.9 Å². The summed E-state index contributed by atoms with van der Waals surface area (Å²) in [5.74, 6) is -0.312. The summed E-state index contributed by atoms with van der Waals surface area (Å²) in [6.45, 7) is 10.1. The third kappa shape index (κ3) is 3.23. The van der Waals surface area contributed by atoms with E-state index >= 15 is 0 Å². The first-order valence-corrected chi connectivity index (χ1v) is 6.42. The molecule has 1 heterocycles. The number of rotatable bonds is 4. The van der Waals surface area contributed by atoms with Gasteiger partial charge in [-0.3, -0.25) is 0 Å². The summed E-state index contributed by atoms with van der Waals surface area (Å²) in [5, 5.41) is 10.8. The largest absolute Gasteiger partial charge is 0.404 e. The highest BCUT2D eigenvalue weighted by molar-refractivity contribution is 5.77. The molecular formula is C14H23FN4. The molecule has 5 heteroatoms. The van der Waals surface area contributed by atoms with Crippen LogP contribution in [0.2, 0.25) is 0 Å². The van der Waals surface area contributed by atoms with E-state index in [0.29, 0.717) is 17.8 Å². The molecule has 0 aromatic carbocycles. The lowest BCUT2D eigenvalue weighted by Crippen LogP contribution is -2.60.